The highest BCUT2D eigenvalue weighted by atomic mass is 35.5. The average molecular weight is 427 g/mol. The molecule has 0 spiro atoms. The summed E-state index contributed by atoms with van der Waals surface area (Å²) in [5.41, 5.74) is 0.610. The van der Waals surface area contributed by atoms with Crippen LogP contribution in [0.2, 0.25) is 10.0 Å². The predicted octanol–water partition coefficient (Wildman–Crippen LogP) is 5.45. The standard InChI is InChI=1S/C17H16Cl2N4OS2/c1-2-7-23-16(14-4-3-8-25-14)21-22-17(23)26-10-15(24)20-11-5-6-12(18)13(19)9-11/h3-6,8-9H,2,7,10H2,1H3,(H,20,24). The molecule has 0 saturated heterocycles. The van der Waals surface area contributed by atoms with Crippen LogP contribution in [0.1, 0.15) is 13.3 Å². The highest BCUT2D eigenvalue weighted by Crippen LogP contribution is 2.28. The maximum Gasteiger partial charge on any atom is 0.234 e. The molecule has 0 aliphatic heterocycles. The molecule has 1 N–H and O–H groups in total. The number of nitrogens with zero attached hydrogens (tertiary/aromatic N) is 3. The fourth-order valence-electron chi connectivity index (χ4n) is 2.31. The molecule has 0 unspecified atom stereocenters. The van der Waals surface area contributed by atoms with Gasteiger partial charge in [-0.15, -0.1) is 21.5 Å². The van der Waals surface area contributed by atoms with Gasteiger partial charge in [-0.05, 0) is 36.1 Å². The third-order valence-electron chi connectivity index (χ3n) is 3.44. The quantitative estimate of drug-likeness (QED) is 0.509. The minimum atomic E-state index is -0.142. The summed E-state index contributed by atoms with van der Waals surface area (Å²) < 4.78 is 2.06. The maximum absolute atomic E-state index is 12.2. The topological polar surface area (TPSA) is 59.8 Å². The summed E-state index contributed by atoms with van der Waals surface area (Å²) >= 11 is 14.8. The van der Waals surface area contributed by atoms with Gasteiger partial charge in [0, 0.05) is 12.2 Å². The lowest BCUT2D eigenvalue weighted by Gasteiger charge is -2.08. The van der Waals surface area contributed by atoms with E-state index in [4.69, 9.17) is 23.2 Å². The molecule has 0 atom stereocenters. The number of thioether (sulfide) groups is 1. The van der Waals surface area contributed by atoms with E-state index in [2.05, 4.69) is 27.0 Å². The largest absolute Gasteiger partial charge is 0.325 e. The number of carbonyl (C=O) groups excluding carboxylic acids is 1. The number of anilines is 1. The SMILES string of the molecule is CCCn1c(SCC(=O)Nc2ccc(Cl)c(Cl)c2)nnc1-c1cccs1. The Balaban J connectivity index is 1.67. The first-order chi connectivity index (χ1) is 12.6. The van der Waals surface area contributed by atoms with Crippen molar-refractivity contribution >= 4 is 57.9 Å². The molecule has 26 heavy (non-hydrogen) atoms. The molecular formula is C17H16Cl2N4OS2. The van der Waals surface area contributed by atoms with Crippen LogP contribution in [0, 0.1) is 0 Å². The van der Waals surface area contributed by atoms with E-state index in [0.29, 0.717) is 15.7 Å². The monoisotopic (exact) mass is 426 g/mol. The first-order valence-electron chi connectivity index (χ1n) is 7.93. The van der Waals surface area contributed by atoms with E-state index in [0.717, 1.165) is 28.8 Å². The van der Waals surface area contributed by atoms with Crippen molar-refractivity contribution in [2.75, 3.05) is 11.1 Å². The van der Waals surface area contributed by atoms with E-state index in [1.165, 1.54) is 11.8 Å². The molecule has 0 fully saturated rings. The Hall–Kier alpha value is -1.54. The lowest BCUT2D eigenvalue weighted by Crippen LogP contribution is -2.14. The van der Waals surface area contributed by atoms with E-state index in [1.807, 2.05) is 17.5 Å². The Bertz CT molecular complexity index is 896. The van der Waals surface area contributed by atoms with Crippen molar-refractivity contribution in [3.8, 4) is 10.7 Å². The Morgan fingerprint density at radius 3 is 2.81 bits per heavy atom. The lowest BCUT2D eigenvalue weighted by atomic mass is 10.3. The summed E-state index contributed by atoms with van der Waals surface area (Å²) in [4.78, 5) is 13.3. The van der Waals surface area contributed by atoms with Gasteiger partial charge in [0.15, 0.2) is 11.0 Å². The second kappa shape index (κ2) is 8.90. The Kier molecular flexibility index (Phi) is 6.58. The number of amides is 1. The summed E-state index contributed by atoms with van der Waals surface area (Å²) in [6.45, 7) is 2.90. The van der Waals surface area contributed by atoms with Crippen molar-refractivity contribution in [1.29, 1.82) is 0 Å². The van der Waals surface area contributed by atoms with E-state index < -0.39 is 0 Å². The summed E-state index contributed by atoms with van der Waals surface area (Å²) in [7, 11) is 0. The predicted molar refractivity (Wildman–Crippen MR) is 109 cm³/mol. The van der Waals surface area contributed by atoms with E-state index in [1.54, 1.807) is 29.5 Å². The van der Waals surface area contributed by atoms with Crippen LogP contribution in [0.3, 0.4) is 0 Å². The number of thiophene rings is 1. The lowest BCUT2D eigenvalue weighted by molar-refractivity contribution is -0.113. The van der Waals surface area contributed by atoms with Crippen LogP contribution in [-0.4, -0.2) is 26.4 Å². The van der Waals surface area contributed by atoms with Crippen LogP contribution in [0.4, 0.5) is 5.69 Å². The van der Waals surface area contributed by atoms with Crippen molar-refractivity contribution in [1.82, 2.24) is 14.8 Å². The second-order valence-corrected chi connectivity index (χ2v) is 8.11. The zero-order valence-electron chi connectivity index (χ0n) is 13.9. The van der Waals surface area contributed by atoms with E-state index >= 15 is 0 Å². The third-order valence-corrected chi connectivity index (χ3v) is 6.01. The molecule has 1 amide bonds. The van der Waals surface area contributed by atoms with E-state index in [-0.39, 0.29) is 11.7 Å². The van der Waals surface area contributed by atoms with Gasteiger partial charge in [-0.1, -0.05) is 48.0 Å². The van der Waals surface area contributed by atoms with Crippen molar-refractivity contribution < 1.29 is 4.79 Å². The van der Waals surface area contributed by atoms with Crippen molar-refractivity contribution in [2.45, 2.75) is 25.0 Å². The maximum atomic E-state index is 12.2. The van der Waals surface area contributed by atoms with Crippen LogP contribution in [0.15, 0.2) is 40.9 Å². The molecule has 2 heterocycles. The summed E-state index contributed by atoms with van der Waals surface area (Å²) in [5, 5.41) is 15.0. The minimum Gasteiger partial charge on any atom is -0.325 e. The first kappa shape index (κ1) is 19.2. The van der Waals surface area contributed by atoms with Crippen molar-refractivity contribution in [3.63, 3.8) is 0 Å². The van der Waals surface area contributed by atoms with Gasteiger partial charge in [0.25, 0.3) is 0 Å². The fourth-order valence-corrected chi connectivity index (χ4v) is 4.09. The van der Waals surface area contributed by atoms with Gasteiger partial charge >= 0.3 is 0 Å². The number of hydrogen-bond acceptors (Lipinski definition) is 5. The van der Waals surface area contributed by atoms with Crippen LogP contribution in [-0.2, 0) is 11.3 Å². The van der Waals surface area contributed by atoms with Gasteiger partial charge in [-0.2, -0.15) is 0 Å². The number of hydrogen-bond donors (Lipinski definition) is 1. The third kappa shape index (κ3) is 4.59. The molecule has 0 bridgehead atoms. The summed E-state index contributed by atoms with van der Waals surface area (Å²) in [6.07, 6.45) is 0.958. The molecule has 2 aromatic heterocycles. The van der Waals surface area contributed by atoms with E-state index in [9.17, 15) is 4.79 Å². The summed E-state index contributed by atoms with van der Waals surface area (Å²) in [6, 6.07) is 9.00. The molecule has 1 aromatic carbocycles. The number of benzene rings is 1. The van der Waals surface area contributed by atoms with Crippen molar-refractivity contribution in [2.24, 2.45) is 0 Å². The molecule has 0 aliphatic rings. The zero-order chi connectivity index (χ0) is 18.5. The fraction of sp³-hybridized carbons (Fsp3) is 0.235. The average Bonchev–Trinajstić information content (AvgIpc) is 3.26. The normalized spacial score (nSPS) is 10.9. The molecular weight excluding hydrogens is 411 g/mol. The van der Waals surface area contributed by atoms with Gasteiger partial charge < -0.3 is 9.88 Å². The number of halogens is 2. The van der Waals surface area contributed by atoms with Crippen LogP contribution >= 0.6 is 46.3 Å². The van der Waals surface area contributed by atoms with Gasteiger partial charge in [-0.25, -0.2) is 0 Å². The number of aromatic nitrogens is 3. The number of carbonyl (C=O) groups is 1. The minimum absolute atomic E-state index is 0.142. The molecule has 0 saturated carbocycles. The second-order valence-electron chi connectivity index (χ2n) is 5.40. The molecule has 5 nitrogen and oxygen atoms in total. The van der Waals surface area contributed by atoms with Crippen LogP contribution < -0.4 is 5.32 Å². The van der Waals surface area contributed by atoms with Gasteiger partial charge in [0.05, 0.1) is 20.7 Å². The number of nitrogens with one attached hydrogen (secondary N) is 1. The number of rotatable bonds is 7. The van der Waals surface area contributed by atoms with Gasteiger partial charge in [0.1, 0.15) is 0 Å². The first-order valence-corrected chi connectivity index (χ1v) is 10.6. The Morgan fingerprint density at radius 1 is 1.27 bits per heavy atom. The van der Waals surface area contributed by atoms with Gasteiger partial charge in [-0.3, -0.25) is 4.79 Å². The van der Waals surface area contributed by atoms with Crippen LogP contribution in [0.25, 0.3) is 10.7 Å². The Morgan fingerprint density at radius 2 is 2.12 bits per heavy atom. The molecule has 0 aliphatic carbocycles. The highest BCUT2D eigenvalue weighted by molar-refractivity contribution is 7.99. The molecule has 3 rings (SSSR count). The van der Waals surface area contributed by atoms with Crippen LogP contribution in [0.5, 0.6) is 0 Å². The zero-order valence-corrected chi connectivity index (χ0v) is 17.1. The summed E-state index contributed by atoms with van der Waals surface area (Å²) in [5.74, 6) is 0.929. The highest BCUT2D eigenvalue weighted by Gasteiger charge is 2.16. The molecule has 136 valence electrons. The smallest absolute Gasteiger partial charge is 0.234 e. The molecule has 9 heteroatoms. The molecule has 0 radical (unpaired) electrons. The van der Waals surface area contributed by atoms with Crippen molar-refractivity contribution in [3.05, 3.63) is 45.8 Å². The Labute approximate surface area is 169 Å². The molecule has 3 aromatic rings. The van der Waals surface area contributed by atoms with Gasteiger partial charge in [0.2, 0.25) is 5.91 Å².